The van der Waals surface area contributed by atoms with Crippen molar-refractivity contribution in [2.45, 2.75) is 19.6 Å². The molecule has 0 saturated carbocycles. The monoisotopic (exact) mass is 433 g/mol. The Hall–Kier alpha value is -3.36. The summed E-state index contributed by atoms with van der Waals surface area (Å²) in [6.45, 7) is 2.40. The van der Waals surface area contributed by atoms with E-state index >= 15 is 0 Å². The predicted octanol–water partition coefficient (Wildman–Crippen LogP) is 2.83. The molecule has 0 aromatic heterocycles. The van der Waals surface area contributed by atoms with Gasteiger partial charge in [-0.3, -0.25) is 14.4 Å². The maximum absolute atomic E-state index is 12.6. The Morgan fingerprint density at radius 3 is 2.26 bits per heavy atom. The summed E-state index contributed by atoms with van der Waals surface area (Å²) < 4.78 is 37.8. The van der Waals surface area contributed by atoms with Gasteiger partial charge in [0.05, 0.1) is 11.5 Å². The zero-order chi connectivity index (χ0) is 22.6. The molecule has 0 bridgehead atoms. The van der Waals surface area contributed by atoms with E-state index in [1.165, 1.54) is 21.9 Å². The van der Waals surface area contributed by atoms with Crippen LogP contribution in [0.1, 0.15) is 18.1 Å². The van der Waals surface area contributed by atoms with Gasteiger partial charge in [-0.05, 0) is 29.8 Å². The molecule has 0 aliphatic carbocycles. The van der Waals surface area contributed by atoms with Crippen molar-refractivity contribution >= 4 is 23.4 Å². The fourth-order valence-electron chi connectivity index (χ4n) is 3.29. The van der Waals surface area contributed by atoms with Crippen LogP contribution in [0.25, 0.3) is 0 Å². The van der Waals surface area contributed by atoms with Gasteiger partial charge in [-0.1, -0.05) is 37.3 Å². The number of hydrogen-bond acceptors (Lipinski definition) is 3. The van der Waals surface area contributed by atoms with E-state index in [0.717, 1.165) is 12.1 Å². The first-order valence-electron chi connectivity index (χ1n) is 9.76. The van der Waals surface area contributed by atoms with Crippen molar-refractivity contribution in [3.05, 3.63) is 65.7 Å². The quantitative estimate of drug-likeness (QED) is 0.713. The number of hydrogen-bond donors (Lipinski definition) is 1. The molecule has 3 rings (SSSR count). The topological polar surface area (TPSA) is 69.7 Å². The average Bonchev–Trinajstić information content (AvgIpc) is 2.75. The third-order valence-electron chi connectivity index (χ3n) is 5.07. The molecule has 6 nitrogen and oxygen atoms in total. The molecule has 2 aromatic carbocycles. The number of halogens is 3. The third kappa shape index (κ3) is 5.42. The molecule has 0 radical (unpaired) electrons. The molecule has 0 unspecified atom stereocenters. The van der Waals surface area contributed by atoms with Crippen LogP contribution in [0.5, 0.6) is 0 Å². The van der Waals surface area contributed by atoms with Gasteiger partial charge in [-0.2, -0.15) is 13.2 Å². The standard InChI is InChI=1S/C22H22F3N3O3/c1-15(19(29)26-13-16-7-9-17(10-8-16)22(23,24)25)14-27-11-12-28(21(31)20(27)30)18-5-3-2-4-6-18/h2-10,15H,11-14H2,1H3,(H,26,29)/t15-/m1/s1. The summed E-state index contributed by atoms with van der Waals surface area (Å²) in [7, 11) is 0. The van der Waals surface area contributed by atoms with Crippen LogP contribution in [-0.2, 0) is 27.1 Å². The second-order valence-corrected chi connectivity index (χ2v) is 7.36. The van der Waals surface area contributed by atoms with Gasteiger partial charge in [0, 0.05) is 31.9 Å². The fraction of sp³-hybridized carbons (Fsp3) is 0.318. The molecule has 1 heterocycles. The van der Waals surface area contributed by atoms with Gasteiger partial charge in [-0.25, -0.2) is 0 Å². The highest BCUT2D eigenvalue weighted by atomic mass is 19.4. The summed E-state index contributed by atoms with van der Waals surface area (Å²) in [6.07, 6.45) is -4.41. The average molecular weight is 433 g/mol. The van der Waals surface area contributed by atoms with E-state index in [1.54, 1.807) is 31.2 Å². The van der Waals surface area contributed by atoms with E-state index in [1.807, 2.05) is 6.07 Å². The van der Waals surface area contributed by atoms with Gasteiger partial charge in [0.25, 0.3) is 0 Å². The number of benzene rings is 2. The Morgan fingerprint density at radius 2 is 1.65 bits per heavy atom. The van der Waals surface area contributed by atoms with Gasteiger partial charge < -0.3 is 15.1 Å². The minimum atomic E-state index is -4.41. The molecule has 1 aliphatic heterocycles. The molecular weight excluding hydrogens is 411 g/mol. The predicted molar refractivity (Wildman–Crippen MR) is 108 cm³/mol. The van der Waals surface area contributed by atoms with Crippen molar-refractivity contribution in [1.82, 2.24) is 10.2 Å². The highest BCUT2D eigenvalue weighted by Crippen LogP contribution is 2.29. The minimum Gasteiger partial charge on any atom is -0.352 e. The summed E-state index contributed by atoms with van der Waals surface area (Å²) in [6, 6.07) is 13.4. The van der Waals surface area contributed by atoms with E-state index in [0.29, 0.717) is 24.3 Å². The number of piperazine rings is 1. The van der Waals surface area contributed by atoms with Crippen LogP contribution in [0.15, 0.2) is 54.6 Å². The number of rotatable bonds is 6. The number of para-hydroxylation sites is 1. The highest BCUT2D eigenvalue weighted by Gasteiger charge is 2.34. The van der Waals surface area contributed by atoms with Crippen molar-refractivity contribution in [3.63, 3.8) is 0 Å². The highest BCUT2D eigenvalue weighted by molar-refractivity contribution is 6.41. The fourth-order valence-corrected chi connectivity index (χ4v) is 3.29. The normalized spacial score (nSPS) is 15.7. The Bertz CT molecular complexity index is 946. The van der Waals surface area contributed by atoms with Gasteiger partial charge in [0.1, 0.15) is 0 Å². The van der Waals surface area contributed by atoms with Crippen molar-refractivity contribution in [1.29, 1.82) is 0 Å². The third-order valence-corrected chi connectivity index (χ3v) is 5.07. The number of amides is 3. The Morgan fingerprint density at radius 1 is 1.00 bits per heavy atom. The van der Waals surface area contributed by atoms with Crippen LogP contribution in [0.2, 0.25) is 0 Å². The first-order valence-corrected chi connectivity index (χ1v) is 9.76. The van der Waals surface area contributed by atoms with Crippen molar-refractivity contribution in [3.8, 4) is 0 Å². The molecule has 1 N–H and O–H groups in total. The van der Waals surface area contributed by atoms with Crippen LogP contribution < -0.4 is 10.2 Å². The lowest BCUT2D eigenvalue weighted by molar-refractivity contribution is -0.147. The number of nitrogens with one attached hydrogen (secondary N) is 1. The summed E-state index contributed by atoms with van der Waals surface area (Å²) in [5.41, 5.74) is 0.410. The van der Waals surface area contributed by atoms with E-state index in [2.05, 4.69) is 5.32 Å². The number of nitrogens with zero attached hydrogens (tertiary/aromatic N) is 2. The van der Waals surface area contributed by atoms with Gasteiger partial charge in [0.2, 0.25) is 5.91 Å². The maximum Gasteiger partial charge on any atom is 0.416 e. The zero-order valence-electron chi connectivity index (χ0n) is 16.9. The zero-order valence-corrected chi connectivity index (χ0v) is 16.9. The smallest absolute Gasteiger partial charge is 0.352 e. The van der Waals surface area contributed by atoms with E-state index in [-0.39, 0.29) is 19.0 Å². The van der Waals surface area contributed by atoms with Gasteiger partial charge >= 0.3 is 18.0 Å². The molecule has 0 spiro atoms. The number of carbonyl (C=O) groups excluding carboxylic acids is 3. The Kier molecular flexibility index (Phi) is 6.62. The molecule has 3 amide bonds. The molecule has 1 aliphatic rings. The molecule has 164 valence electrons. The molecular formula is C22H22F3N3O3. The van der Waals surface area contributed by atoms with Crippen LogP contribution in [0, 0.1) is 5.92 Å². The molecule has 2 aromatic rings. The Labute approximate surface area is 177 Å². The van der Waals surface area contributed by atoms with Gasteiger partial charge in [-0.15, -0.1) is 0 Å². The summed E-state index contributed by atoms with van der Waals surface area (Å²) in [5, 5.41) is 2.65. The first-order chi connectivity index (χ1) is 14.7. The second kappa shape index (κ2) is 9.20. The lowest BCUT2D eigenvalue weighted by atomic mass is 10.1. The minimum absolute atomic E-state index is 0.0654. The van der Waals surface area contributed by atoms with E-state index in [9.17, 15) is 27.6 Å². The summed E-state index contributed by atoms with van der Waals surface area (Å²) in [5.74, 6) is -2.26. The number of carbonyl (C=O) groups is 3. The molecule has 31 heavy (non-hydrogen) atoms. The van der Waals surface area contributed by atoms with Crippen LogP contribution in [-0.4, -0.2) is 42.3 Å². The SMILES string of the molecule is C[C@H](CN1CCN(c2ccccc2)C(=O)C1=O)C(=O)NCc1ccc(C(F)(F)F)cc1. The molecule has 1 fully saturated rings. The van der Waals surface area contributed by atoms with Crippen molar-refractivity contribution < 1.29 is 27.6 Å². The maximum atomic E-state index is 12.6. The lowest BCUT2D eigenvalue weighted by Crippen LogP contribution is -2.56. The van der Waals surface area contributed by atoms with Crippen LogP contribution in [0.3, 0.4) is 0 Å². The first kappa shape index (κ1) is 22.3. The molecule has 1 atom stereocenters. The van der Waals surface area contributed by atoms with E-state index in [4.69, 9.17) is 0 Å². The van der Waals surface area contributed by atoms with Crippen molar-refractivity contribution in [2.75, 3.05) is 24.5 Å². The summed E-state index contributed by atoms with van der Waals surface area (Å²) >= 11 is 0. The molecule has 9 heteroatoms. The second-order valence-electron chi connectivity index (χ2n) is 7.36. The Balaban J connectivity index is 1.52. The molecule has 1 saturated heterocycles. The van der Waals surface area contributed by atoms with Crippen molar-refractivity contribution in [2.24, 2.45) is 5.92 Å². The number of anilines is 1. The van der Waals surface area contributed by atoms with Crippen LogP contribution in [0.4, 0.5) is 18.9 Å². The lowest BCUT2D eigenvalue weighted by Gasteiger charge is -2.34. The largest absolute Gasteiger partial charge is 0.416 e. The van der Waals surface area contributed by atoms with Gasteiger partial charge in [0.15, 0.2) is 0 Å². The summed E-state index contributed by atoms with van der Waals surface area (Å²) in [4.78, 5) is 40.0. The number of alkyl halides is 3. The van der Waals surface area contributed by atoms with E-state index < -0.39 is 29.5 Å². The van der Waals surface area contributed by atoms with Crippen LogP contribution >= 0.6 is 0 Å².